The van der Waals surface area contributed by atoms with E-state index >= 15 is 0 Å². The summed E-state index contributed by atoms with van der Waals surface area (Å²) in [5.41, 5.74) is 2.21. The van der Waals surface area contributed by atoms with Crippen molar-refractivity contribution in [2.45, 2.75) is 6.92 Å². The van der Waals surface area contributed by atoms with Crippen molar-refractivity contribution in [2.75, 3.05) is 0 Å². The van der Waals surface area contributed by atoms with Gasteiger partial charge in [0.15, 0.2) is 0 Å². The first-order chi connectivity index (χ1) is 10.8. The van der Waals surface area contributed by atoms with Crippen LogP contribution >= 0.6 is 0 Å². The van der Waals surface area contributed by atoms with Gasteiger partial charge in [0.25, 0.3) is 0 Å². The van der Waals surface area contributed by atoms with Crippen molar-refractivity contribution in [1.29, 1.82) is 0 Å². The molecule has 1 nitrogen and oxygen atoms in total. The average Bonchev–Trinajstić information content (AvgIpc) is 2.55. The number of rotatable bonds is 4. The van der Waals surface area contributed by atoms with Gasteiger partial charge in [0, 0.05) is 0 Å². The van der Waals surface area contributed by atoms with Gasteiger partial charge < -0.3 is 4.74 Å². The third-order valence-electron chi connectivity index (χ3n) is 3.58. The second-order valence-electron chi connectivity index (χ2n) is 5.11. The molecule has 0 aliphatic heterocycles. The zero-order valence-corrected chi connectivity index (χ0v) is 12.6. The van der Waals surface area contributed by atoms with Gasteiger partial charge in [0.1, 0.15) is 11.5 Å². The molecule has 0 aliphatic rings. The van der Waals surface area contributed by atoms with E-state index in [1.807, 2.05) is 55.5 Å². The highest BCUT2D eigenvalue weighted by atomic mass is 16.5. The maximum absolute atomic E-state index is 6.00. The Kier molecular flexibility index (Phi) is 4.06. The molecule has 0 saturated carbocycles. The highest BCUT2D eigenvalue weighted by Crippen LogP contribution is 2.28. The van der Waals surface area contributed by atoms with Crippen molar-refractivity contribution >= 4 is 22.9 Å². The fourth-order valence-corrected chi connectivity index (χ4v) is 2.49. The van der Waals surface area contributed by atoms with Crippen LogP contribution in [0.25, 0.3) is 22.9 Å². The van der Waals surface area contributed by atoms with Crippen molar-refractivity contribution in [3.8, 4) is 11.5 Å². The number of ether oxygens (including phenoxy) is 1. The van der Waals surface area contributed by atoms with Gasteiger partial charge in [-0.25, -0.2) is 0 Å². The lowest BCUT2D eigenvalue weighted by atomic mass is 10.1. The highest BCUT2D eigenvalue weighted by Gasteiger charge is 2.02. The summed E-state index contributed by atoms with van der Waals surface area (Å²) >= 11 is 0. The Bertz CT molecular complexity index is 843. The number of hydrogen-bond acceptors (Lipinski definition) is 1. The molecule has 0 aliphatic carbocycles. The molecule has 0 spiro atoms. The zero-order valence-electron chi connectivity index (χ0n) is 12.6. The van der Waals surface area contributed by atoms with Crippen LogP contribution in [-0.4, -0.2) is 0 Å². The van der Waals surface area contributed by atoms with Crippen LogP contribution in [0.15, 0.2) is 73.3 Å². The highest BCUT2D eigenvalue weighted by molar-refractivity contribution is 5.83. The van der Waals surface area contributed by atoms with Gasteiger partial charge in [-0.1, -0.05) is 61.2 Å². The molecule has 0 N–H and O–H groups in total. The van der Waals surface area contributed by atoms with Gasteiger partial charge in [-0.05, 0) is 53.1 Å². The van der Waals surface area contributed by atoms with Gasteiger partial charge >= 0.3 is 0 Å². The largest absolute Gasteiger partial charge is 0.457 e. The summed E-state index contributed by atoms with van der Waals surface area (Å²) in [6, 6.07) is 20.4. The Morgan fingerprint density at radius 2 is 1.55 bits per heavy atom. The molecule has 108 valence electrons. The van der Waals surface area contributed by atoms with Crippen molar-refractivity contribution in [3.05, 3.63) is 84.4 Å². The first-order valence-corrected chi connectivity index (χ1v) is 7.36. The van der Waals surface area contributed by atoms with Crippen molar-refractivity contribution < 1.29 is 4.74 Å². The van der Waals surface area contributed by atoms with Gasteiger partial charge in [-0.15, -0.1) is 0 Å². The van der Waals surface area contributed by atoms with E-state index in [4.69, 9.17) is 4.74 Å². The minimum atomic E-state index is 0.828. The standard InChI is InChI=1S/C21H18O/c1-3-7-18-14-20(12-10-16(18)4-2)22-21-13-11-17-8-5-6-9-19(17)15-21/h3-15H,2H2,1H3/b7-3-. The van der Waals surface area contributed by atoms with E-state index in [2.05, 4.69) is 36.9 Å². The van der Waals surface area contributed by atoms with Crippen LogP contribution in [0, 0.1) is 0 Å². The molecule has 3 aromatic carbocycles. The smallest absolute Gasteiger partial charge is 0.128 e. The molecule has 1 heteroatoms. The summed E-state index contributed by atoms with van der Waals surface area (Å²) in [6.07, 6.45) is 5.93. The third kappa shape index (κ3) is 2.94. The van der Waals surface area contributed by atoms with E-state index in [1.54, 1.807) is 0 Å². The second-order valence-corrected chi connectivity index (χ2v) is 5.11. The quantitative estimate of drug-likeness (QED) is 0.546. The Labute approximate surface area is 131 Å². The lowest BCUT2D eigenvalue weighted by Crippen LogP contribution is -1.87. The molecule has 3 aromatic rings. The maximum Gasteiger partial charge on any atom is 0.128 e. The van der Waals surface area contributed by atoms with E-state index < -0.39 is 0 Å². The Morgan fingerprint density at radius 1 is 0.818 bits per heavy atom. The maximum atomic E-state index is 6.00. The third-order valence-corrected chi connectivity index (χ3v) is 3.58. The van der Waals surface area contributed by atoms with Crippen LogP contribution in [0.5, 0.6) is 11.5 Å². The molecule has 0 atom stereocenters. The Morgan fingerprint density at radius 3 is 2.32 bits per heavy atom. The van der Waals surface area contributed by atoms with E-state index in [0.29, 0.717) is 0 Å². The van der Waals surface area contributed by atoms with Crippen LogP contribution in [0.4, 0.5) is 0 Å². The summed E-state index contributed by atoms with van der Waals surface area (Å²) in [4.78, 5) is 0. The average molecular weight is 286 g/mol. The molecule has 3 rings (SSSR count). The fraction of sp³-hybridized carbons (Fsp3) is 0.0476. The molecule has 0 unspecified atom stereocenters. The number of hydrogen-bond donors (Lipinski definition) is 0. The molecule has 0 heterocycles. The molecular weight excluding hydrogens is 268 g/mol. The minimum absolute atomic E-state index is 0.828. The first-order valence-electron chi connectivity index (χ1n) is 7.36. The molecule has 0 amide bonds. The normalized spacial score (nSPS) is 11.0. The zero-order chi connectivity index (χ0) is 15.4. The fourth-order valence-electron chi connectivity index (χ4n) is 2.49. The minimum Gasteiger partial charge on any atom is -0.457 e. The summed E-state index contributed by atoms with van der Waals surface area (Å²) in [5.74, 6) is 1.67. The van der Waals surface area contributed by atoms with Crippen LogP contribution in [0.1, 0.15) is 18.1 Å². The van der Waals surface area contributed by atoms with Crippen molar-refractivity contribution in [1.82, 2.24) is 0 Å². The SMILES string of the molecule is C=Cc1ccc(Oc2ccc3ccccc3c2)cc1/C=C\C. The molecule has 22 heavy (non-hydrogen) atoms. The van der Waals surface area contributed by atoms with Crippen molar-refractivity contribution in [3.63, 3.8) is 0 Å². The van der Waals surface area contributed by atoms with Crippen LogP contribution in [0.2, 0.25) is 0 Å². The van der Waals surface area contributed by atoms with E-state index in [-0.39, 0.29) is 0 Å². The summed E-state index contributed by atoms with van der Waals surface area (Å²) in [5, 5.41) is 2.39. The lowest BCUT2D eigenvalue weighted by Gasteiger charge is -2.09. The van der Waals surface area contributed by atoms with Gasteiger partial charge in [-0.2, -0.15) is 0 Å². The first kappa shape index (κ1) is 14.2. The summed E-state index contributed by atoms with van der Waals surface area (Å²) in [7, 11) is 0. The lowest BCUT2D eigenvalue weighted by molar-refractivity contribution is 0.483. The summed E-state index contributed by atoms with van der Waals surface area (Å²) < 4.78 is 6.00. The number of allylic oxidation sites excluding steroid dienone is 1. The van der Waals surface area contributed by atoms with Gasteiger partial charge in [0.2, 0.25) is 0 Å². The molecule has 0 saturated heterocycles. The molecule has 0 aromatic heterocycles. The van der Waals surface area contributed by atoms with Crippen LogP contribution in [0.3, 0.4) is 0 Å². The number of fused-ring (bicyclic) bond motifs is 1. The molecule has 0 radical (unpaired) electrons. The molecular formula is C21H18O. The Balaban J connectivity index is 1.94. The monoisotopic (exact) mass is 286 g/mol. The van der Waals surface area contributed by atoms with E-state index in [1.165, 1.54) is 10.8 Å². The van der Waals surface area contributed by atoms with E-state index in [9.17, 15) is 0 Å². The van der Waals surface area contributed by atoms with E-state index in [0.717, 1.165) is 22.6 Å². The van der Waals surface area contributed by atoms with Gasteiger partial charge in [-0.3, -0.25) is 0 Å². The predicted molar refractivity (Wildman–Crippen MR) is 95.3 cm³/mol. The summed E-state index contributed by atoms with van der Waals surface area (Å²) in [6.45, 7) is 5.85. The van der Waals surface area contributed by atoms with Crippen LogP contribution < -0.4 is 4.74 Å². The molecule has 0 bridgehead atoms. The Hall–Kier alpha value is -2.80. The topological polar surface area (TPSA) is 9.23 Å². The van der Waals surface area contributed by atoms with Crippen molar-refractivity contribution in [2.24, 2.45) is 0 Å². The van der Waals surface area contributed by atoms with Crippen LogP contribution in [-0.2, 0) is 0 Å². The number of benzene rings is 3. The predicted octanol–water partition coefficient (Wildman–Crippen LogP) is 6.31. The molecule has 0 fully saturated rings. The van der Waals surface area contributed by atoms with Gasteiger partial charge in [0.05, 0.1) is 0 Å². The second kappa shape index (κ2) is 6.31.